The highest BCUT2D eigenvalue weighted by atomic mass is 16.6. The fourth-order valence-electron chi connectivity index (χ4n) is 5.04. The molecule has 45 heavy (non-hydrogen) atoms. The highest BCUT2D eigenvalue weighted by Crippen LogP contribution is 2.13. The molecule has 1 N–H and O–H groups in total. The summed E-state index contributed by atoms with van der Waals surface area (Å²) >= 11 is 0. The number of nitrogens with zero attached hydrogens (tertiary/aromatic N) is 1. The highest BCUT2D eigenvalue weighted by Gasteiger charge is 2.31. The molecule has 0 aliphatic rings. The van der Waals surface area contributed by atoms with E-state index in [4.69, 9.17) is 14.2 Å². The first-order valence-electron chi connectivity index (χ1n) is 17.9. The number of carbonyl (C=O) groups is 3. The fourth-order valence-corrected chi connectivity index (χ4v) is 5.04. The molecular weight excluding hydrogens is 570 g/mol. The van der Waals surface area contributed by atoms with E-state index in [0.717, 1.165) is 25.7 Å². The van der Waals surface area contributed by atoms with E-state index in [0.29, 0.717) is 12.8 Å². The van der Waals surface area contributed by atoms with Crippen molar-refractivity contribution in [2.24, 2.45) is 0 Å². The van der Waals surface area contributed by atoms with Crippen molar-refractivity contribution in [3.63, 3.8) is 0 Å². The number of allylic oxidation sites excluding steroid dienone is 4. The quantitative estimate of drug-likeness (QED) is 0.0351. The van der Waals surface area contributed by atoms with Crippen LogP contribution in [0.15, 0.2) is 24.3 Å². The number of carboxylic acid groups (broad SMARTS) is 1. The van der Waals surface area contributed by atoms with E-state index in [1.165, 1.54) is 83.5 Å². The predicted molar refractivity (Wildman–Crippen MR) is 183 cm³/mol. The number of carbonyl (C=O) groups excluding carboxylic acids is 2. The second kappa shape index (κ2) is 29.2. The number of hydrogen-bond acceptors (Lipinski definition) is 6. The Hall–Kier alpha value is -2.19. The summed E-state index contributed by atoms with van der Waals surface area (Å²) in [6.45, 7) is 4.15. The zero-order valence-corrected chi connectivity index (χ0v) is 29.6. The van der Waals surface area contributed by atoms with Crippen molar-refractivity contribution in [2.45, 2.75) is 154 Å². The van der Waals surface area contributed by atoms with E-state index in [9.17, 15) is 19.5 Å². The number of hydrogen-bond donors (Lipinski definition) is 1. The van der Waals surface area contributed by atoms with Gasteiger partial charge in [-0.1, -0.05) is 109 Å². The van der Waals surface area contributed by atoms with Crippen LogP contribution in [0.5, 0.6) is 0 Å². The summed E-state index contributed by atoms with van der Waals surface area (Å²) in [4.78, 5) is 35.6. The van der Waals surface area contributed by atoms with Crippen molar-refractivity contribution in [3.8, 4) is 0 Å². The van der Waals surface area contributed by atoms with Crippen LogP contribution in [0.4, 0.5) is 0 Å². The molecule has 262 valence electrons. The first-order chi connectivity index (χ1) is 21.6. The molecule has 0 aromatic heterocycles. The molecule has 8 nitrogen and oxygen atoms in total. The minimum Gasteiger partial charge on any atom is -0.477 e. The van der Waals surface area contributed by atoms with Gasteiger partial charge in [-0.3, -0.25) is 9.59 Å². The second-order valence-electron chi connectivity index (χ2n) is 13.1. The van der Waals surface area contributed by atoms with E-state index in [2.05, 4.69) is 31.2 Å². The third kappa shape index (κ3) is 27.8. The van der Waals surface area contributed by atoms with Crippen molar-refractivity contribution in [1.82, 2.24) is 0 Å². The first-order valence-corrected chi connectivity index (χ1v) is 17.9. The first kappa shape index (κ1) is 42.8. The van der Waals surface area contributed by atoms with E-state index in [-0.39, 0.29) is 42.7 Å². The van der Waals surface area contributed by atoms with E-state index in [1.807, 2.05) is 21.1 Å². The van der Waals surface area contributed by atoms with E-state index >= 15 is 0 Å². The Kier molecular flexibility index (Phi) is 27.8. The van der Waals surface area contributed by atoms with Crippen LogP contribution in [0.25, 0.3) is 0 Å². The van der Waals surface area contributed by atoms with Crippen LogP contribution in [0.1, 0.15) is 142 Å². The average Bonchev–Trinajstić information content (AvgIpc) is 2.99. The van der Waals surface area contributed by atoms with Crippen molar-refractivity contribution < 1.29 is 38.2 Å². The van der Waals surface area contributed by atoms with Gasteiger partial charge in [0.05, 0.1) is 34.4 Å². The molecule has 2 unspecified atom stereocenters. The van der Waals surface area contributed by atoms with Gasteiger partial charge in [-0.25, -0.2) is 4.79 Å². The lowest BCUT2D eigenvalue weighted by Crippen LogP contribution is -2.50. The Balaban J connectivity index is 3.93. The zero-order chi connectivity index (χ0) is 33.6. The summed E-state index contributed by atoms with van der Waals surface area (Å²) in [5, 5.41) is 9.47. The Morgan fingerprint density at radius 2 is 1.22 bits per heavy atom. The zero-order valence-electron chi connectivity index (χ0n) is 29.6. The van der Waals surface area contributed by atoms with Crippen LogP contribution in [0, 0.1) is 0 Å². The molecule has 8 heteroatoms. The monoisotopic (exact) mass is 638 g/mol. The molecule has 0 saturated heterocycles. The third-order valence-corrected chi connectivity index (χ3v) is 7.91. The van der Waals surface area contributed by atoms with Crippen molar-refractivity contribution >= 4 is 17.9 Å². The maximum Gasteiger partial charge on any atom is 0.362 e. The largest absolute Gasteiger partial charge is 0.477 e. The van der Waals surface area contributed by atoms with Gasteiger partial charge in [0.1, 0.15) is 6.61 Å². The molecular formula is C37H68NO7+. The van der Waals surface area contributed by atoms with Crippen LogP contribution < -0.4 is 0 Å². The van der Waals surface area contributed by atoms with Crippen LogP contribution in [0.2, 0.25) is 0 Å². The molecule has 2 atom stereocenters. The lowest BCUT2D eigenvalue weighted by molar-refractivity contribution is -0.887. The maximum absolute atomic E-state index is 12.4. The minimum absolute atomic E-state index is 0.0547. The third-order valence-electron chi connectivity index (χ3n) is 7.91. The molecule has 0 heterocycles. The predicted octanol–water partition coefficient (Wildman–Crippen LogP) is 8.57. The molecule has 0 aliphatic carbocycles. The summed E-state index contributed by atoms with van der Waals surface area (Å²) in [6.07, 6.45) is 30.0. The number of likely N-dealkylation sites (N-methyl/N-ethyl adjacent to an activating group) is 1. The van der Waals surface area contributed by atoms with Gasteiger partial charge < -0.3 is 23.8 Å². The minimum atomic E-state index is -0.883. The lowest BCUT2D eigenvalue weighted by Gasteiger charge is -2.31. The van der Waals surface area contributed by atoms with Crippen molar-refractivity contribution in [1.29, 1.82) is 0 Å². The van der Waals surface area contributed by atoms with E-state index in [1.54, 1.807) is 6.92 Å². The lowest BCUT2D eigenvalue weighted by atomic mass is 10.1. The molecule has 0 spiro atoms. The van der Waals surface area contributed by atoms with Crippen LogP contribution >= 0.6 is 0 Å². The van der Waals surface area contributed by atoms with Crippen molar-refractivity contribution in [3.05, 3.63) is 24.3 Å². The standard InChI is InChI=1S/C37H67NO7/c1-6-8-9-10-11-12-13-14-15-16-17-18-19-20-21-22-23-24-25-26-27-28-36(40)45-33(32-44-35(39)7-2)31-43-30-29-34(37(41)42)38(3,4)5/h13-14,16-17,33-34H,6-12,15,18-32H2,1-5H3/p+1/b14-13-,17-16-. The van der Waals surface area contributed by atoms with Gasteiger partial charge in [0.25, 0.3) is 0 Å². The summed E-state index contributed by atoms with van der Waals surface area (Å²) < 4.78 is 16.6. The molecule has 0 bridgehead atoms. The fraction of sp³-hybridized carbons (Fsp3) is 0.811. The smallest absolute Gasteiger partial charge is 0.362 e. The molecule has 0 aromatic rings. The Morgan fingerprint density at radius 3 is 1.73 bits per heavy atom. The van der Waals surface area contributed by atoms with E-state index < -0.39 is 18.1 Å². The summed E-state index contributed by atoms with van der Waals surface area (Å²) in [6, 6.07) is -0.608. The van der Waals surface area contributed by atoms with Crippen molar-refractivity contribution in [2.75, 3.05) is 41.0 Å². The number of ether oxygens (including phenoxy) is 3. The SMILES string of the molecule is CCCCCCC/C=C\C/C=C\CCCCCCCCCCCC(=O)OC(COCCC(C(=O)O)[N+](C)(C)C)COC(=O)CC. The van der Waals surface area contributed by atoms with Crippen LogP contribution in [0.3, 0.4) is 0 Å². The summed E-state index contributed by atoms with van der Waals surface area (Å²) in [5.74, 6) is -1.58. The Labute approximate surface area is 275 Å². The Bertz CT molecular complexity index is 803. The number of rotatable bonds is 31. The van der Waals surface area contributed by atoms with Gasteiger partial charge in [-0.05, 0) is 38.5 Å². The number of quaternary nitrogens is 1. The summed E-state index contributed by atoms with van der Waals surface area (Å²) in [7, 11) is 5.47. The molecule has 0 saturated carbocycles. The van der Waals surface area contributed by atoms with Gasteiger partial charge in [-0.15, -0.1) is 0 Å². The van der Waals surface area contributed by atoms with Gasteiger partial charge in [0.15, 0.2) is 12.1 Å². The molecule has 0 rings (SSSR count). The van der Waals surface area contributed by atoms with Crippen LogP contribution in [-0.4, -0.2) is 80.6 Å². The summed E-state index contributed by atoms with van der Waals surface area (Å²) in [5.41, 5.74) is 0. The Morgan fingerprint density at radius 1 is 0.689 bits per heavy atom. The molecule has 0 amide bonds. The number of carboxylic acids is 1. The molecule has 0 aliphatic heterocycles. The average molecular weight is 639 g/mol. The number of aliphatic carboxylic acids is 1. The maximum atomic E-state index is 12.4. The van der Waals surface area contributed by atoms with Gasteiger partial charge >= 0.3 is 17.9 Å². The van der Waals surface area contributed by atoms with Crippen LogP contribution in [-0.2, 0) is 28.6 Å². The normalized spacial score (nSPS) is 13.4. The van der Waals surface area contributed by atoms with Gasteiger partial charge in [0.2, 0.25) is 0 Å². The highest BCUT2D eigenvalue weighted by molar-refractivity contribution is 5.72. The second-order valence-corrected chi connectivity index (χ2v) is 13.1. The van der Waals surface area contributed by atoms with Gasteiger partial charge in [-0.2, -0.15) is 0 Å². The molecule has 0 radical (unpaired) electrons. The topological polar surface area (TPSA) is 99.1 Å². The van der Waals surface area contributed by atoms with Gasteiger partial charge in [0, 0.05) is 19.3 Å². The number of unbranched alkanes of at least 4 members (excludes halogenated alkanes) is 14. The molecule has 0 aromatic carbocycles. The molecule has 0 fully saturated rings. The number of esters is 2.